The van der Waals surface area contributed by atoms with Gasteiger partial charge in [0.1, 0.15) is 9.96 Å². The molecule has 1 saturated heterocycles. The van der Waals surface area contributed by atoms with Gasteiger partial charge in [-0.05, 0) is 42.0 Å². The van der Waals surface area contributed by atoms with Gasteiger partial charge < -0.3 is 20.1 Å². The van der Waals surface area contributed by atoms with E-state index in [-0.39, 0.29) is 18.1 Å². The molecule has 0 bridgehead atoms. The SMILES string of the molecule is COc1ccc2c3c([nH]c2c1)[C@H](CO)NCC31CCN(S(=O)(=O)c2cccs2)CC1. The smallest absolute Gasteiger partial charge is 0.252 e. The number of thiophene rings is 1. The lowest BCUT2D eigenvalue weighted by Gasteiger charge is -2.45. The molecule has 30 heavy (non-hydrogen) atoms. The Morgan fingerprint density at radius 3 is 2.77 bits per heavy atom. The molecule has 4 heterocycles. The molecule has 5 rings (SSSR count). The maximum absolute atomic E-state index is 13.0. The molecule has 9 heteroatoms. The summed E-state index contributed by atoms with van der Waals surface area (Å²) >= 11 is 1.26. The quantitative estimate of drug-likeness (QED) is 0.572. The molecule has 2 aromatic heterocycles. The van der Waals surface area contributed by atoms with E-state index in [1.807, 2.05) is 12.1 Å². The summed E-state index contributed by atoms with van der Waals surface area (Å²) in [6, 6.07) is 9.29. The van der Waals surface area contributed by atoms with Gasteiger partial charge in [0.15, 0.2) is 0 Å². The molecule has 7 nitrogen and oxygen atoms in total. The fraction of sp³-hybridized carbons (Fsp3) is 0.429. The van der Waals surface area contributed by atoms with Gasteiger partial charge in [-0.1, -0.05) is 6.07 Å². The number of nitrogens with zero attached hydrogens (tertiary/aromatic N) is 1. The second-order valence-corrected chi connectivity index (χ2v) is 11.2. The minimum atomic E-state index is -3.44. The first kappa shape index (κ1) is 20.0. The number of aliphatic hydroxyl groups is 1. The van der Waals surface area contributed by atoms with Crippen LogP contribution in [-0.4, -0.2) is 56.2 Å². The zero-order valence-electron chi connectivity index (χ0n) is 16.7. The average molecular weight is 448 g/mol. The Hall–Kier alpha value is -1.91. The Kier molecular flexibility index (Phi) is 4.90. The highest BCUT2D eigenvalue weighted by molar-refractivity contribution is 7.91. The summed E-state index contributed by atoms with van der Waals surface area (Å²) in [5, 5.41) is 16.3. The highest BCUT2D eigenvalue weighted by Gasteiger charge is 2.46. The fourth-order valence-corrected chi connectivity index (χ4v) is 7.53. The van der Waals surface area contributed by atoms with E-state index in [2.05, 4.69) is 16.4 Å². The summed E-state index contributed by atoms with van der Waals surface area (Å²) in [6.07, 6.45) is 1.46. The molecule has 0 amide bonds. The minimum Gasteiger partial charge on any atom is -0.497 e. The van der Waals surface area contributed by atoms with Gasteiger partial charge in [0.25, 0.3) is 10.0 Å². The van der Waals surface area contributed by atoms with Crippen molar-refractivity contribution in [3.63, 3.8) is 0 Å². The molecule has 1 fully saturated rings. The van der Waals surface area contributed by atoms with Crippen LogP contribution < -0.4 is 10.1 Å². The van der Waals surface area contributed by atoms with Crippen molar-refractivity contribution in [3.05, 3.63) is 47.0 Å². The highest BCUT2D eigenvalue weighted by Crippen LogP contribution is 2.46. The molecule has 1 spiro atoms. The number of benzene rings is 1. The van der Waals surface area contributed by atoms with E-state index in [1.54, 1.807) is 28.9 Å². The Morgan fingerprint density at radius 2 is 2.10 bits per heavy atom. The number of aromatic nitrogens is 1. The number of piperidine rings is 1. The van der Waals surface area contributed by atoms with Crippen molar-refractivity contribution < 1.29 is 18.3 Å². The second kappa shape index (κ2) is 7.35. The van der Waals surface area contributed by atoms with Crippen LogP contribution in [-0.2, 0) is 15.4 Å². The maximum Gasteiger partial charge on any atom is 0.252 e. The molecule has 1 aromatic carbocycles. The molecule has 0 radical (unpaired) electrons. The summed E-state index contributed by atoms with van der Waals surface area (Å²) < 4.78 is 33.3. The molecular weight excluding hydrogens is 422 g/mol. The first-order valence-electron chi connectivity index (χ1n) is 10.1. The summed E-state index contributed by atoms with van der Waals surface area (Å²) in [5.41, 5.74) is 3.03. The Bertz CT molecular complexity index is 1160. The monoisotopic (exact) mass is 447 g/mol. The molecule has 3 N–H and O–H groups in total. The first-order valence-corrected chi connectivity index (χ1v) is 12.4. The van der Waals surface area contributed by atoms with Crippen LogP contribution in [0.4, 0.5) is 0 Å². The Balaban J connectivity index is 1.52. The standard InChI is InChI=1S/C21H25N3O4S2/c1-28-14-4-5-15-16(11-14)23-20-17(12-25)22-13-21(19(15)20)6-8-24(9-7-21)30(26,27)18-3-2-10-29-18/h2-5,10-11,17,22-23,25H,6-9,12-13H2,1H3/t17-/m0/s1. The normalized spacial score (nSPS) is 21.7. The minimum absolute atomic E-state index is 0.00587. The summed E-state index contributed by atoms with van der Waals surface area (Å²) in [6.45, 7) is 1.69. The average Bonchev–Trinajstić information content (AvgIpc) is 3.43. The predicted molar refractivity (Wildman–Crippen MR) is 117 cm³/mol. The third-order valence-electron chi connectivity index (χ3n) is 6.55. The maximum atomic E-state index is 13.0. The van der Waals surface area contributed by atoms with Crippen molar-refractivity contribution >= 4 is 32.3 Å². The summed E-state index contributed by atoms with van der Waals surface area (Å²) in [4.78, 5) is 3.49. The first-order chi connectivity index (χ1) is 14.5. The number of hydrogen-bond acceptors (Lipinski definition) is 6. The number of aliphatic hydroxyl groups excluding tert-OH is 1. The number of H-pyrrole nitrogens is 1. The van der Waals surface area contributed by atoms with E-state index >= 15 is 0 Å². The number of nitrogens with one attached hydrogen (secondary N) is 2. The van der Waals surface area contributed by atoms with E-state index in [1.165, 1.54) is 16.9 Å². The van der Waals surface area contributed by atoms with E-state index in [0.29, 0.717) is 17.3 Å². The number of ether oxygens (including phenoxy) is 1. The number of rotatable bonds is 4. The van der Waals surface area contributed by atoms with Gasteiger partial charge in [0.2, 0.25) is 0 Å². The molecule has 0 unspecified atom stereocenters. The van der Waals surface area contributed by atoms with E-state index in [4.69, 9.17) is 4.74 Å². The fourth-order valence-electron chi connectivity index (χ4n) is 4.94. The van der Waals surface area contributed by atoms with Crippen LogP contribution in [0.1, 0.15) is 30.1 Å². The topological polar surface area (TPSA) is 94.7 Å². The lowest BCUT2D eigenvalue weighted by Crippen LogP contribution is -2.53. The van der Waals surface area contributed by atoms with Gasteiger partial charge >= 0.3 is 0 Å². The lowest BCUT2D eigenvalue weighted by atomic mass is 9.69. The van der Waals surface area contributed by atoms with Crippen molar-refractivity contribution in [3.8, 4) is 5.75 Å². The molecule has 3 aromatic rings. The van der Waals surface area contributed by atoms with Crippen LogP contribution in [0.2, 0.25) is 0 Å². The molecule has 2 aliphatic rings. The van der Waals surface area contributed by atoms with Crippen molar-refractivity contribution in [2.24, 2.45) is 0 Å². The highest BCUT2D eigenvalue weighted by atomic mass is 32.2. The van der Waals surface area contributed by atoms with Gasteiger partial charge in [-0.3, -0.25) is 0 Å². The number of sulfonamides is 1. The second-order valence-electron chi connectivity index (χ2n) is 8.06. The van der Waals surface area contributed by atoms with Crippen molar-refractivity contribution in [1.29, 1.82) is 0 Å². The number of fused-ring (bicyclic) bond motifs is 4. The molecule has 0 saturated carbocycles. The van der Waals surface area contributed by atoms with Gasteiger partial charge in [0.05, 0.1) is 19.8 Å². The third kappa shape index (κ3) is 2.99. The van der Waals surface area contributed by atoms with Crippen LogP contribution in [0.15, 0.2) is 39.9 Å². The van der Waals surface area contributed by atoms with Gasteiger partial charge in [-0.15, -0.1) is 11.3 Å². The van der Waals surface area contributed by atoms with Crippen molar-refractivity contribution in [2.75, 3.05) is 33.4 Å². The van der Waals surface area contributed by atoms with E-state index in [9.17, 15) is 13.5 Å². The van der Waals surface area contributed by atoms with Crippen LogP contribution in [0.5, 0.6) is 5.75 Å². The van der Waals surface area contributed by atoms with E-state index in [0.717, 1.165) is 41.7 Å². The van der Waals surface area contributed by atoms with Crippen LogP contribution >= 0.6 is 11.3 Å². The van der Waals surface area contributed by atoms with Gasteiger partial charge in [-0.25, -0.2) is 8.42 Å². The van der Waals surface area contributed by atoms with Gasteiger partial charge in [-0.2, -0.15) is 4.31 Å². The Labute approximate surface area is 179 Å². The van der Waals surface area contributed by atoms with Crippen LogP contribution in [0, 0.1) is 0 Å². The molecular formula is C21H25N3O4S2. The predicted octanol–water partition coefficient (Wildman–Crippen LogP) is 2.60. The molecule has 1 atom stereocenters. The van der Waals surface area contributed by atoms with Crippen LogP contribution in [0.3, 0.4) is 0 Å². The van der Waals surface area contributed by atoms with Crippen LogP contribution in [0.25, 0.3) is 10.9 Å². The molecule has 160 valence electrons. The van der Waals surface area contributed by atoms with Gasteiger partial charge in [0, 0.05) is 47.7 Å². The molecule has 2 aliphatic heterocycles. The molecule has 0 aliphatic carbocycles. The Morgan fingerprint density at radius 1 is 1.30 bits per heavy atom. The summed E-state index contributed by atoms with van der Waals surface area (Å²) in [5.74, 6) is 0.778. The number of hydrogen-bond donors (Lipinski definition) is 3. The summed E-state index contributed by atoms with van der Waals surface area (Å²) in [7, 11) is -1.79. The third-order valence-corrected chi connectivity index (χ3v) is 9.82. The zero-order valence-corrected chi connectivity index (χ0v) is 18.4. The van der Waals surface area contributed by atoms with Crippen molar-refractivity contribution in [2.45, 2.75) is 28.5 Å². The van der Waals surface area contributed by atoms with Crippen molar-refractivity contribution in [1.82, 2.24) is 14.6 Å². The number of methoxy groups -OCH3 is 1. The number of aromatic amines is 1. The lowest BCUT2D eigenvalue weighted by molar-refractivity contribution is 0.178. The van der Waals surface area contributed by atoms with E-state index < -0.39 is 10.0 Å². The zero-order chi connectivity index (χ0) is 20.9. The largest absolute Gasteiger partial charge is 0.497 e.